The summed E-state index contributed by atoms with van der Waals surface area (Å²) in [6, 6.07) is 7.91. The Kier molecular flexibility index (Phi) is 7.69. The monoisotopic (exact) mass is 468 g/mol. The molecule has 0 unspecified atom stereocenters. The molecule has 180 valence electrons. The van der Waals surface area contributed by atoms with Gasteiger partial charge in [-0.05, 0) is 25.0 Å². The molecular weight excluding hydrogens is 432 g/mol. The molecule has 2 aliphatic rings. The summed E-state index contributed by atoms with van der Waals surface area (Å²) in [5, 5.41) is 11.3. The Morgan fingerprint density at radius 2 is 1.88 bits per heavy atom. The second-order valence-electron chi connectivity index (χ2n) is 9.20. The molecule has 3 rings (SSSR count). The molecule has 2 fully saturated rings. The van der Waals surface area contributed by atoms with E-state index in [1.807, 2.05) is 24.3 Å². The lowest BCUT2D eigenvalue weighted by atomic mass is 9.90. The van der Waals surface area contributed by atoms with Crippen LogP contribution in [0.4, 0.5) is 5.69 Å². The molecule has 0 saturated carbocycles. The summed E-state index contributed by atoms with van der Waals surface area (Å²) in [6.07, 6.45) is 2.38. The van der Waals surface area contributed by atoms with Crippen molar-refractivity contribution in [2.24, 2.45) is 5.92 Å². The maximum Gasteiger partial charge on any atom is 0.227 e. The quantitative estimate of drug-likeness (QED) is 0.642. The minimum Gasteiger partial charge on any atom is -0.497 e. The molecule has 1 amide bonds. The van der Waals surface area contributed by atoms with Crippen molar-refractivity contribution in [3.05, 3.63) is 24.3 Å². The zero-order valence-electron chi connectivity index (χ0n) is 19.5. The number of benzene rings is 1. The SMILES string of the molecule is COc1cccc(N2CCC(O)(CN3CCN(S(C)(=O)=O)C[C@@H](C(=O)N(C)C)C3)CC2)c1. The molecule has 9 nitrogen and oxygen atoms in total. The summed E-state index contributed by atoms with van der Waals surface area (Å²) in [5.74, 6) is 0.257. The molecule has 1 aromatic carbocycles. The standard InChI is InChI=1S/C22H36N4O5S/c1-23(2)21(27)18-15-24(12-13-26(16-18)32(4,29)30)17-22(28)8-10-25(11-9-22)19-6-5-7-20(14-19)31-3/h5-7,14,18,28H,8-13,15-17H2,1-4H3/t18-/m0/s1. The highest BCUT2D eigenvalue weighted by atomic mass is 32.2. The fraction of sp³-hybridized carbons (Fsp3) is 0.682. The number of anilines is 1. The number of β-amino-alcohol motifs (C(OH)–C–C–N with tert-alkyl or cyclic N) is 1. The fourth-order valence-corrected chi connectivity index (χ4v) is 5.44. The number of piperidine rings is 1. The van der Waals surface area contributed by atoms with Gasteiger partial charge in [0.2, 0.25) is 15.9 Å². The van der Waals surface area contributed by atoms with Crippen molar-refractivity contribution < 1.29 is 23.1 Å². The molecular formula is C22H36N4O5S. The van der Waals surface area contributed by atoms with Crippen LogP contribution in [0.1, 0.15) is 12.8 Å². The second-order valence-corrected chi connectivity index (χ2v) is 11.2. The van der Waals surface area contributed by atoms with Gasteiger partial charge in [-0.2, -0.15) is 0 Å². The van der Waals surface area contributed by atoms with Gasteiger partial charge in [0.15, 0.2) is 0 Å². The van der Waals surface area contributed by atoms with Crippen molar-refractivity contribution in [3.8, 4) is 5.75 Å². The maximum absolute atomic E-state index is 12.7. The summed E-state index contributed by atoms with van der Waals surface area (Å²) in [5.41, 5.74) is 0.197. The van der Waals surface area contributed by atoms with Crippen molar-refractivity contribution in [2.75, 3.05) is 78.2 Å². The van der Waals surface area contributed by atoms with Gasteiger partial charge in [0.05, 0.1) is 24.9 Å². The molecule has 2 heterocycles. The number of amides is 1. The minimum atomic E-state index is -3.40. The molecule has 1 aromatic rings. The number of rotatable bonds is 6. The predicted octanol–water partition coefficient (Wildman–Crippen LogP) is 0.308. The van der Waals surface area contributed by atoms with Crippen LogP contribution in [0, 0.1) is 5.92 Å². The third-order valence-electron chi connectivity index (χ3n) is 6.46. The first-order chi connectivity index (χ1) is 15.0. The maximum atomic E-state index is 12.7. The van der Waals surface area contributed by atoms with E-state index in [1.54, 1.807) is 21.2 Å². The highest BCUT2D eigenvalue weighted by molar-refractivity contribution is 7.88. The topological polar surface area (TPSA) is 93.6 Å². The normalized spacial score (nSPS) is 22.9. The molecule has 0 bridgehead atoms. The molecule has 2 aliphatic heterocycles. The van der Waals surface area contributed by atoms with Crippen LogP contribution < -0.4 is 9.64 Å². The predicted molar refractivity (Wildman–Crippen MR) is 124 cm³/mol. The number of carbonyl (C=O) groups is 1. The number of ether oxygens (including phenoxy) is 1. The smallest absolute Gasteiger partial charge is 0.227 e. The summed E-state index contributed by atoms with van der Waals surface area (Å²) in [7, 11) is 1.62. The van der Waals surface area contributed by atoms with Crippen molar-refractivity contribution in [2.45, 2.75) is 18.4 Å². The van der Waals surface area contributed by atoms with Gasteiger partial charge in [-0.1, -0.05) is 6.07 Å². The van der Waals surface area contributed by atoms with E-state index in [4.69, 9.17) is 4.74 Å². The van der Waals surface area contributed by atoms with E-state index < -0.39 is 21.5 Å². The Hall–Kier alpha value is -1.88. The van der Waals surface area contributed by atoms with Gasteiger partial charge < -0.3 is 19.6 Å². The molecule has 32 heavy (non-hydrogen) atoms. The molecule has 0 aliphatic carbocycles. The average Bonchev–Trinajstić information content (AvgIpc) is 2.96. The Morgan fingerprint density at radius 3 is 2.47 bits per heavy atom. The minimum absolute atomic E-state index is 0.0922. The summed E-state index contributed by atoms with van der Waals surface area (Å²) >= 11 is 0. The number of methoxy groups -OCH3 is 1. The van der Waals surface area contributed by atoms with Gasteiger partial charge >= 0.3 is 0 Å². The molecule has 0 aromatic heterocycles. The molecule has 1 atom stereocenters. The highest BCUT2D eigenvalue weighted by Gasteiger charge is 2.38. The van der Waals surface area contributed by atoms with Crippen LogP contribution in [0.15, 0.2) is 24.3 Å². The molecule has 0 radical (unpaired) electrons. The van der Waals surface area contributed by atoms with Crippen molar-refractivity contribution in [1.29, 1.82) is 0 Å². The third kappa shape index (κ3) is 6.12. The molecule has 0 spiro atoms. The first kappa shape index (κ1) is 24.8. The average molecular weight is 469 g/mol. The Labute approximate surface area is 191 Å². The van der Waals surface area contributed by atoms with Crippen LogP contribution in [-0.2, 0) is 14.8 Å². The molecule has 10 heteroatoms. The van der Waals surface area contributed by atoms with Crippen molar-refractivity contribution >= 4 is 21.6 Å². The third-order valence-corrected chi connectivity index (χ3v) is 7.73. The number of nitrogens with zero attached hydrogens (tertiary/aromatic N) is 4. The number of hydrogen-bond acceptors (Lipinski definition) is 7. The zero-order valence-corrected chi connectivity index (χ0v) is 20.3. The van der Waals surface area contributed by atoms with E-state index in [1.165, 1.54) is 15.5 Å². The second kappa shape index (κ2) is 9.94. The molecule has 1 N–H and O–H groups in total. The van der Waals surface area contributed by atoms with Gasteiger partial charge in [0.1, 0.15) is 5.75 Å². The summed E-state index contributed by atoms with van der Waals surface area (Å²) < 4.78 is 31.0. The van der Waals surface area contributed by atoms with Gasteiger partial charge in [-0.25, -0.2) is 12.7 Å². The number of aliphatic hydroxyl groups is 1. The number of sulfonamides is 1. The van der Waals surface area contributed by atoms with Crippen molar-refractivity contribution in [1.82, 2.24) is 14.1 Å². The first-order valence-corrected chi connectivity index (χ1v) is 12.9. The van der Waals surface area contributed by atoms with Gasteiger partial charge in [-0.15, -0.1) is 0 Å². The van der Waals surface area contributed by atoms with Gasteiger partial charge in [0.25, 0.3) is 0 Å². The number of carbonyl (C=O) groups excluding carboxylic acids is 1. The van der Waals surface area contributed by atoms with Crippen molar-refractivity contribution in [3.63, 3.8) is 0 Å². The molecule has 2 saturated heterocycles. The van der Waals surface area contributed by atoms with Crippen LogP contribution in [0.25, 0.3) is 0 Å². The van der Waals surface area contributed by atoms with E-state index >= 15 is 0 Å². The van der Waals surface area contributed by atoms with Crippen LogP contribution >= 0.6 is 0 Å². The number of hydrogen-bond donors (Lipinski definition) is 1. The Balaban J connectivity index is 1.66. The van der Waals surface area contributed by atoms with Crippen LogP contribution in [0.3, 0.4) is 0 Å². The summed E-state index contributed by atoms with van der Waals surface area (Å²) in [6.45, 7) is 3.28. The van der Waals surface area contributed by atoms with E-state index in [2.05, 4.69) is 9.80 Å². The summed E-state index contributed by atoms with van der Waals surface area (Å²) in [4.78, 5) is 18.5. The Bertz CT molecular complexity index is 899. The van der Waals surface area contributed by atoms with Gasteiger partial charge in [0, 0.05) is 71.7 Å². The zero-order chi connectivity index (χ0) is 23.5. The lowest BCUT2D eigenvalue weighted by Crippen LogP contribution is -2.52. The van der Waals surface area contributed by atoms with Gasteiger partial charge in [-0.3, -0.25) is 9.69 Å². The van der Waals surface area contributed by atoms with E-state index in [9.17, 15) is 18.3 Å². The lowest BCUT2D eigenvalue weighted by Gasteiger charge is -2.42. The van der Waals surface area contributed by atoms with Crippen LogP contribution in [-0.4, -0.2) is 112 Å². The first-order valence-electron chi connectivity index (χ1n) is 11.0. The van der Waals surface area contributed by atoms with E-state index in [-0.39, 0.29) is 12.5 Å². The van der Waals surface area contributed by atoms with Crippen LogP contribution in [0.2, 0.25) is 0 Å². The lowest BCUT2D eigenvalue weighted by molar-refractivity contribution is -0.133. The van der Waals surface area contributed by atoms with Crippen LogP contribution in [0.5, 0.6) is 5.75 Å². The van der Waals surface area contributed by atoms with E-state index in [0.29, 0.717) is 52.1 Å². The van der Waals surface area contributed by atoms with E-state index in [0.717, 1.165) is 11.4 Å². The fourth-order valence-electron chi connectivity index (χ4n) is 4.58. The Morgan fingerprint density at radius 1 is 1.19 bits per heavy atom. The highest BCUT2D eigenvalue weighted by Crippen LogP contribution is 2.29. The largest absolute Gasteiger partial charge is 0.497 e.